The van der Waals surface area contributed by atoms with Crippen molar-refractivity contribution in [1.82, 2.24) is 10.2 Å². The summed E-state index contributed by atoms with van der Waals surface area (Å²) in [6.45, 7) is 3.97. The van der Waals surface area contributed by atoms with Crippen LogP contribution >= 0.6 is 0 Å². The molecule has 0 radical (unpaired) electrons. The second-order valence-electron chi connectivity index (χ2n) is 7.08. The van der Waals surface area contributed by atoms with Crippen molar-refractivity contribution >= 4 is 27.7 Å². The number of hydrogen-bond donors (Lipinski definition) is 1. The maximum atomic E-state index is 12.7. The third-order valence-electron chi connectivity index (χ3n) is 5.02. The minimum Gasteiger partial charge on any atom is -0.454 e. The Bertz CT molecular complexity index is 897. The number of rotatable bonds is 5. The van der Waals surface area contributed by atoms with Gasteiger partial charge >= 0.3 is 5.97 Å². The predicted molar refractivity (Wildman–Crippen MR) is 103 cm³/mol. The molecule has 1 N–H and O–H groups in total. The number of benzene rings is 1. The molecular weight excluding hydrogens is 382 g/mol. The van der Waals surface area contributed by atoms with Gasteiger partial charge in [-0.1, -0.05) is 19.1 Å². The lowest BCUT2D eigenvalue weighted by atomic mass is 10.0. The van der Waals surface area contributed by atoms with Gasteiger partial charge in [0.25, 0.3) is 15.9 Å². The molecule has 152 valence electrons. The molecule has 0 unspecified atom stereocenters. The van der Waals surface area contributed by atoms with E-state index in [9.17, 15) is 18.0 Å². The summed E-state index contributed by atoms with van der Waals surface area (Å²) in [4.78, 5) is 26.4. The first kappa shape index (κ1) is 20.3. The van der Waals surface area contributed by atoms with Gasteiger partial charge in [-0.25, -0.2) is 4.79 Å². The topological polar surface area (TPSA) is 105 Å². The summed E-state index contributed by atoms with van der Waals surface area (Å²) < 4.78 is 33.8. The van der Waals surface area contributed by atoms with Gasteiger partial charge in [0.05, 0.1) is 0 Å². The lowest BCUT2D eigenvalue weighted by molar-refractivity contribution is -0.153. The summed E-state index contributed by atoms with van der Waals surface area (Å²) >= 11 is 0. The molecule has 0 aliphatic carbocycles. The van der Waals surface area contributed by atoms with Crippen molar-refractivity contribution in [3.8, 4) is 0 Å². The van der Waals surface area contributed by atoms with Crippen LogP contribution in [0.15, 0.2) is 33.6 Å². The molecule has 2 heterocycles. The summed E-state index contributed by atoms with van der Waals surface area (Å²) in [6, 6.07) is 5.93. The Morgan fingerprint density at radius 3 is 2.82 bits per heavy atom. The fourth-order valence-electron chi connectivity index (χ4n) is 3.38. The molecule has 1 aromatic rings. The van der Waals surface area contributed by atoms with Crippen molar-refractivity contribution in [2.45, 2.75) is 56.5 Å². The number of esters is 1. The number of hydrogen-bond acceptors (Lipinski definition) is 6. The number of nitrogens with zero attached hydrogens (tertiary/aromatic N) is 2. The van der Waals surface area contributed by atoms with Crippen LogP contribution in [0, 0.1) is 0 Å². The molecule has 1 aromatic carbocycles. The second kappa shape index (κ2) is 8.30. The first-order chi connectivity index (χ1) is 13.3. The highest BCUT2D eigenvalue weighted by Gasteiger charge is 2.38. The number of amidine groups is 1. The van der Waals surface area contributed by atoms with Gasteiger partial charge in [0.1, 0.15) is 10.9 Å². The minimum atomic E-state index is -3.77. The number of likely N-dealkylation sites (tertiary alicyclic amines) is 1. The smallest absolute Gasteiger partial charge is 0.329 e. The van der Waals surface area contributed by atoms with Crippen molar-refractivity contribution < 1.29 is 22.7 Å². The Morgan fingerprint density at radius 2 is 2.07 bits per heavy atom. The van der Waals surface area contributed by atoms with Gasteiger partial charge in [-0.15, -0.1) is 4.40 Å². The average molecular weight is 407 g/mol. The molecule has 0 aromatic heterocycles. The van der Waals surface area contributed by atoms with Gasteiger partial charge in [-0.2, -0.15) is 8.42 Å². The highest BCUT2D eigenvalue weighted by atomic mass is 32.2. The first-order valence-electron chi connectivity index (χ1n) is 9.50. The largest absolute Gasteiger partial charge is 0.454 e. The fraction of sp³-hybridized carbons (Fsp3) is 0.526. The van der Waals surface area contributed by atoms with Gasteiger partial charge in [0.2, 0.25) is 0 Å². The number of fused-ring (bicyclic) bond motifs is 1. The summed E-state index contributed by atoms with van der Waals surface area (Å²) in [5.41, 5.74) is 0.497. The van der Waals surface area contributed by atoms with E-state index in [1.807, 2.05) is 13.8 Å². The molecule has 2 aliphatic rings. The average Bonchev–Trinajstić information content (AvgIpc) is 2.97. The number of sulfonamides is 1. The molecule has 0 saturated carbocycles. The van der Waals surface area contributed by atoms with Crippen molar-refractivity contribution in [3.63, 3.8) is 0 Å². The Morgan fingerprint density at radius 1 is 1.32 bits per heavy atom. The molecule has 9 heteroatoms. The van der Waals surface area contributed by atoms with Gasteiger partial charge in [0.15, 0.2) is 12.4 Å². The van der Waals surface area contributed by atoms with Gasteiger partial charge in [-0.3, -0.25) is 4.79 Å². The quantitative estimate of drug-likeness (QED) is 0.741. The fourth-order valence-corrected chi connectivity index (χ4v) is 4.59. The van der Waals surface area contributed by atoms with E-state index in [2.05, 4.69) is 9.71 Å². The van der Waals surface area contributed by atoms with Crippen LogP contribution in [0.4, 0.5) is 0 Å². The van der Waals surface area contributed by atoms with Crippen LogP contribution in [-0.2, 0) is 24.3 Å². The van der Waals surface area contributed by atoms with Gasteiger partial charge in [0, 0.05) is 18.2 Å². The van der Waals surface area contributed by atoms with E-state index in [-0.39, 0.29) is 29.3 Å². The second-order valence-corrected chi connectivity index (χ2v) is 8.65. The van der Waals surface area contributed by atoms with E-state index in [1.165, 1.54) is 6.07 Å². The van der Waals surface area contributed by atoms with E-state index in [0.29, 0.717) is 18.5 Å². The zero-order valence-electron chi connectivity index (χ0n) is 16.1. The number of amides is 1. The molecule has 2 aliphatic heterocycles. The molecule has 0 bridgehead atoms. The van der Waals surface area contributed by atoms with E-state index in [0.717, 1.165) is 19.3 Å². The van der Waals surface area contributed by atoms with E-state index >= 15 is 0 Å². The van der Waals surface area contributed by atoms with Crippen LogP contribution in [0.2, 0.25) is 0 Å². The van der Waals surface area contributed by atoms with E-state index < -0.39 is 22.0 Å². The number of carbonyl (C=O) groups excluding carboxylic acids is 2. The predicted octanol–water partition coefficient (Wildman–Crippen LogP) is 1.45. The van der Waals surface area contributed by atoms with E-state index in [1.54, 1.807) is 23.1 Å². The van der Waals surface area contributed by atoms with Crippen LogP contribution in [0.3, 0.4) is 0 Å². The van der Waals surface area contributed by atoms with Crippen LogP contribution in [0.5, 0.6) is 0 Å². The highest BCUT2D eigenvalue weighted by Crippen LogP contribution is 2.30. The van der Waals surface area contributed by atoms with Crippen LogP contribution in [-0.4, -0.2) is 56.3 Å². The Kier molecular flexibility index (Phi) is 6.02. The Hall–Kier alpha value is -2.42. The van der Waals surface area contributed by atoms with Gasteiger partial charge < -0.3 is 15.0 Å². The number of ether oxygens (including phenoxy) is 1. The highest BCUT2D eigenvalue weighted by molar-refractivity contribution is 7.90. The van der Waals surface area contributed by atoms with Crippen molar-refractivity contribution in [1.29, 1.82) is 0 Å². The van der Waals surface area contributed by atoms with Crippen molar-refractivity contribution in [3.05, 3.63) is 29.8 Å². The zero-order chi connectivity index (χ0) is 20.3. The molecule has 0 spiro atoms. The number of piperidine rings is 1. The molecule has 8 nitrogen and oxygen atoms in total. The third kappa shape index (κ3) is 4.19. The molecule has 1 saturated heterocycles. The lowest BCUT2D eigenvalue weighted by Gasteiger charge is -2.35. The van der Waals surface area contributed by atoms with E-state index in [4.69, 9.17) is 4.74 Å². The molecule has 2 atom stereocenters. The zero-order valence-corrected chi connectivity index (χ0v) is 16.9. The maximum Gasteiger partial charge on any atom is 0.329 e. The van der Waals surface area contributed by atoms with Crippen LogP contribution < -0.4 is 5.32 Å². The molecule has 1 amide bonds. The molecule has 28 heavy (non-hydrogen) atoms. The monoisotopic (exact) mass is 407 g/mol. The number of carbonyl (C=O) groups is 2. The summed E-state index contributed by atoms with van der Waals surface area (Å²) in [7, 11) is -3.77. The SMILES string of the molecule is CC[C@H](C)NC(=O)COC(=O)[C@@H]1CCCCN1C1=NS(=O)(=O)c2ccccc21. The summed E-state index contributed by atoms with van der Waals surface area (Å²) in [5.74, 6) is -0.610. The maximum absolute atomic E-state index is 12.7. The molecular formula is C19H25N3O5S. The lowest BCUT2D eigenvalue weighted by Crippen LogP contribution is -2.49. The van der Waals surface area contributed by atoms with Crippen LogP contribution in [0.25, 0.3) is 0 Å². The summed E-state index contributed by atoms with van der Waals surface area (Å²) in [6.07, 6.45) is 2.94. The first-order valence-corrected chi connectivity index (χ1v) is 10.9. The standard InChI is InChI=1S/C19H25N3O5S/c1-3-13(2)20-17(23)12-27-19(24)15-9-6-7-11-22(15)18-14-8-4-5-10-16(14)28(25,26)21-18/h4-5,8,10,13,15H,3,6-7,9,11-12H2,1-2H3,(H,20,23)/t13-,15-/m0/s1. The van der Waals surface area contributed by atoms with Crippen molar-refractivity contribution in [2.75, 3.05) is 13.2 Å². The normalized spacial score (nSPS) is 21.4. The van der Waals surface area contributed by atoms with Crippen LogP contribution in [0.1, 0.15) is 45.1 Å². The number of nitrogens with one attached hydrogen (secondary N) is 1. The molecule has 1 fully saturated rings. The third-order valence-corrected chi connectivity index (χ3v) is 6.35. The summed E-state index contributed by atoms with van der Waals surface area (Å²) in [5, 5.41) is 2.75. The Labute approximate surface area is 165 Å². The minimum absolute atomic E-state index is 0.00642. The Balaban J connectivity index is 1.75. The van der Waals surface area contributed by atoms with Gasteiger partial charge in [-0.05, 0) is 44.7 Å². The molecule has 3 rings (SSSR count). The van der Waals surface area contributed by atoms with Crippen molar-refractivity contribution in [2.24, 2.45) is 4.40 Å².